The Morgan fingerprint density at radius 3 is 2.58 bits per heavy atom. The summed E-state index contributed by atoms with van der Waals surface area (Å²) in [6, 6.07) is 14.0. The Morgan fingerprint density at radius 1 is 1.16 bits per heavy atom. The molecule has 0 saturated heterocycles. The third-order valence-corrected chi connectivity index (χ3v) is 3.44. The van der Waals surface area contributed by atoms with Crippen molar-refractivity contribution >= 4 is 18.4 Å². The molecule has 1 atom stereocenters. The molecule has 4 nitrogen and oxygen atoms in total. The van der Waals surface area contributed by atoms with E-state index in [0.29, 0.717) is 0 Å². The Bertz CT molecular complexity index is 643. The third-order valence-electron chi connectivity index (χ3n) is 2.90. The molecule has 0 unspecified atom stereocenters. The Hall–Kier alpha value is -1.61. The topological polar surface area (TPSA) is 69.6 Å². The molecular formula is C14H16NO3P. The normalized spacial score (nSPS) is 13.8. The molecule has 2 aromatic carbocycles. The highest BCUT2D eigenvalue weighted by atomic mass is 31.2. The van der Waals surface area contributed by atoms with Gasteiger partial charge in [-0.15, -0.1) is 0 Å². The summed E-state index contributed by atoms with van der Waals surface area (Å²) >= 11 is 0. The van der Waals surface area contributed by atoms with Crippen molar-refractivity contribution in [2.45, 2.75) is 13.0 Å². The van der Waals surface area contributed by atoms with E-state index in [9.17, 15) is 4.57 Å². The quantitative estimate of drug-likeness (QED) is 0.751. The molecule has 2 aromatic rings. The Kier molecular flexibility index (Phi) is 4.05. The van der Waals surface area contributed by atoms with Crippen LogP contribution in [0.5, 0.6) is 0 Å². The lowest BCUT2D eigenvalue weighted by atomic mass is 10.00. The molecular weight excluding hydrogens is 261 g/mol. The molecule has 0 aliphatic rings. The van der Waals surface area contributed by atoms with E-state index in [-0.39, 0.29) is 6.04 Å². The van der Waals surface area contributed by atoms with Gasteiger partial charge in [0.2, 0.25) is 0 Å². The Morgan fingerprint density at radius 2 is 1.84 bits per heavy atom. The van der Waals surface area contributed by atoms with Crippen molar-refractivity contribution in [2.75, 3.05) is 0 Å². The minimum absolute atomic E-state index is 0.0334. The molecule has 0 bridgehead atoms. The average Bonchev–Trinajstić information content (AvgIpc) is 2.36. The fourth-order valence-corrected chi connectivity index (χ4v) is 2.28. The first-order valence-corrected chi connectivity index (χ1v) is 7.62. The first-order valence-electron chi connectivity index (χ1n) is 5.94. The first kappa shape index (κ1) is 13.8. The molecule has 0 heterocycles. The number of fused-ring (bicyclic) bond motifs is 1. The lowest BCUT2D eigenvalue weighted by Gasteiger charge is -2.15. The minimum Gasteiger partial charge on any atom is -0.384 e. The SMILES string of the molecule is C[C@@H](NC=CP(=O)(O)O)c1cccc2ccccc12. The van der Waals surface area contributed by atoms with Gasteiger partial charge in [0.05, 0.1) is 0 Å². The highest BCUT2D eigenvalue weighted by Crippen LogP contribution is 2.35. The summed E-state index contributed by atoms with van der Waals surface area (Å²) in [7, 11) is -4.10. The van der Waals surface area contributed by atoms with Crippen LogP contribution in [0, 0.1) is 0 Å². The molecule has 0 aliphatic heterocycles. The molecule has 0 spiro atoms. The van der Waals surface area contributed by atoms with Crippen molar-refractivity contribution in [2.24, 2.45) is 0 Å². The van der Waals surface area contributed by atoms with E-state index in [1.54, 1.807) is 0 Å². The van der Waals surface area contributed by atoms with E-state index < -0.39 is 7.60 Å². The zero-order valence-corrected chi connectivity index (χ0v) is 11.4. The molecule has 19 heavy (non-hydrogen) atoms. The van der Waals surface area contributed by atoms with Crippen LogP contribution in [0.25, 0.3) is 10.8 Å². The maximum absolute atomic E-state index is 10.7. The smallest absolute Gasteiger partial charge is 0.350 e. The van der Waals surface area contributed by atoms with Gasteiger partial charge in [-0.2, -0.15) is 0 Å². The monoisotopic (exact) mass is 277 g/mol. The van der Waals surface area contributed by atoms with Crippen molar-refractivity contribution < 1.29 is 14.4 Å². The molecule has 2 rings (SSSR count). The molecule has 0 radical (unpaired) electrons. The van der Waals surface area contributed by atoms with Crippen LogP contribution in [-0.4, -0.2) is 9.79 Å². The van der Waals surface area contributed by atoms with Crippen LogP contribution in [0.4, 0.5) is 0 Å². The molecule has 0 aromatic heterocycles. The second-order valence-corrected chi connectivity index (χ2v) is 5.84. The Balaban J connectivity index is 2.24. The van der Waals surface area contributed by atoms with Gasteiger partial charge in [-0.05, 0) is 23.3 Å². The molecule has 100 valence electrons. The second-order valence-electron chi connectivity index (χ2n) is 4.36. The van der Waals surface area contributed by atoms with Crippen LogP contribution in [0.1, 0.15) is 18.5 Å². The second kappa shape index (κ2) is 5.57. The third kappa shape index (κ3) is 3.67. The number of hydrogen-bond donors (Lipinski definition) is 3. The highest BCUT2D eigenvalue weighted by Gasteiger charge is 2.09. The summed E-state index contributed by atoms with van der Waals surface area (Å²) in [5.41, 5.74) is 1.09. The maximum Gasteiger partial charge on any atom is 0.350 e. The Labute approximate surface area is 111 Å². The number of hydrogen-bond acceptors (Lipinski definition) is 2. The molecule has 0 saturated carbocycles. The number of nitrogens with one attached hydrogen (secondary N) is 1. The van der Waals surface area contributed by atoms with Gasteiger partial charge in [0, 0.05) is 18.1 Å². The van der Waals surface area contributed by atoms with Gasteiger partial charge in [-0.3, -0.25) is 4.57 Å². The van der Waals surface area contributed by atoms with Gasteiger partial charge in [0.15, 0.2) is 0 Å². The summed E-state index contributed by atoms with van der Waals surface area (Å²) in [6.45, 7) is 1.95. The zero-order chi connectivity index (χ0) is 13.9. The summed E-state index contributed by atoms with van der Waals surface area (Å²) in [5, 5.41) is 5.25. The van der Waals surface area contributed by atoms with Crippen molar-refractivity contribution in [3.8, 4) is 0 Å². The van der Waals surface area contributed by atoms with Gasteiger partial charge in [-0.1, -0.05) is 42.5 Å². The highest BCUT2D eigenvalue weighted by molar-refractivity contribution is 7.55. The van der Waals surface area contributed by atoms with E-state index in [0.717, 1.165) is 22.2 Å². The van der Waals surface area contributed by atoms with Gasteiger partial charge < -0.3 is 15.1 Å². The largest absolute Gasteiger partial charge is 0.384 e. The molecule has 5 heteroatoms. The van der Waals surface area contributed by atoms with Gasteiger partial charge in [0.25, 0.3) is 0 Å². The lowest BCUT2D eigenvalue weighted by molar-refractivity contribution is 0.386. The van der Waals surface area contributed by atoms with E-state index in [4.69, 9.17) is 9.79 Å². The van der Waals surface area contributed by atoms with Crippen LogP contribution < -0.4 is 5.32 Å². The average molecular weight is 277 g/mol. The lowest BCUT2D eigenvalue weighted by Crippen LogP contribution is -2.11. The van der Waals surface area contributed by atoms with Crippen LogP contribution >= 0.6 is 7.60 Å². The van der Waals surface area contributed by atoms with E-state index in [1.807, 2.05) is 49.4 Å². The molecule has 0 aliphatic carbocycles. The van der Waals surface area contributed by atoms with Crippen LogP contribution in [0.2, 0.25) is 0 Å². The van der Waals surface area contributed by atoms with Crippen LogP contribution in [-0.2, 0) is 4.57 Å². The van der Waals surface area contributed by atoms with Crippen molar-refractivity contribution in [3.63, 3.8) is 0 Å². The van der Waals surface area contributed by atoms with Gasteiger partial charge in [-0.25, -0.2) is 0 Å². The molecule has 3 N–H and O–H groups in total. The molecule has 0 amide bonds. The minimum atomic E-state index is -4.10. The van der Waals surface area contributed by atoms with Crippen molar-refractivity contribution in [3.05, 3.63) is 60.0 Å². The predicted octanol–water partition coefficient (Wildman–Crippen LogP) is 3.14. The van der Waals surface area contributed by atoms with Gasteiger partial charge in [0.1, 0.15) is 0 Å². The number of rotatable bonds is 4. The van der Waals surface area contributed by atoms with E-state index in [2.05, 4.69) is 5.32 Å². The van der Waals surface area contributed by atoms with Crippen LogP contribution in [0.15, 0.2) is 54.5 Å². The predicted molar refractivity (Wildman–Crippen MR) is 76.7 cm³/mol. The summed E-state index contributed by atoms with van der Waals surface area (Å²) < 4.78 is 10.7. The van der Waals surface area contributed by atoms with E-state index >= 15 is 0 Å². The van der Waals surface area contributed by atoms with Crippen LogP contribution in [0.3, 0.4) is 0 Å². The standard InChI is InChI=1S/C14H16NO3P/c1-11(15-9-10-19(16,17)18)13-8-4-6-12-5-2-3-7-14(12)13/h2-11,15H,1H3,(H2,16,17,18)/t11-/m1/s1. The van der Waals surface area contributed by atoms with Gasteiger partial charge >= 0.3 is 7.60 Å². The van der Waals surface area contributed by atoms with E-state index in [1.165, 1.54) is 6.20 Å². The first-order chi connectivity index (χ1) is 8.97. The fourth-order valence-electron chi connectivity index (χ4n) is 2.00. The molecule has 0 fully saturated rings. The zero-order valence-electron chi connectivity index (χ0n) is 10.5. The summed E-state index contributed by atoms with van der Waals surface area (Å²) in [5.74, 6) is 0.870. The summed E-state index contributed by atoms with van der Waals surface area (Å²) in [4.78, 5) is 17.5. The summed E-state index contributed by atoms with van der Waals surface area (Å²) in [6.07, 6.45) is 1.31. The van der Waals surface area contributed by atoms with Crippen molar-refractivity contribution in [1.29, 1.82) is 0 Å². The number of benzene rings is 2. The maximum atomic E-state index is 10.7. The van der Waals surface area contributed by atoms with Crippen molar-refractivity contribution in [1.82, 2.24) is 5.32 Å². The fraction of sp³-hybridized carbons (Fsp3) is 0.143.